The maximum atomic E-state index is 14.0. The van der Waals surface area contributed by atoms with Crippen LogP contribution in [0.1, 0.15) is 92.9 Å². The Morgan fingerprint density at radius 2 is 1.30 bits per heavy atom. The summed E-state index contributed by atoms with van der Waals surface area (Å²) in [7, 11) is -6.66. The number of pyridine rings is 1. The highest BCUT2D eigenvalue weighted by Gasteiger charge is 2.30. The monoisotopic (exact) mass is 798 g/mol. The van der Waals surface area contributed by atoms with E-state index in [0.717, 1.165) is 76.3 Å². The Labute approximate surface area is 315 Å². The van der Waals surface area contributed by atoms with Crippen molar-refractivity contribution in [1.82, 2.24) is 15.0 Å². The van der Waals surface area contributed by atoms with Crippen molar-refractivity contribution in [1.29, 1.82) is 0 Å². The van der Waals surface area contributed by atoms with Crippen molar-refractivity contribution in [2.45, 2.75) is 107 Å². The molecule has 0 bridgehead atoms. The van der Waals surface area contributed by atoms with Gasteiger partial charge in [0.15, 0.2) is 0 Å². The lowest BCUT2D eigenvalue weighted by molar-refractivity contribution is 0.00506. The number of rotatable bonds is 12. The Bertz CT molecular complexity index is 1910. The van der Waals surface area contributed by atoms with Crippen LogP contribution in [-0.2, 0) is 36.1 Å². The van der Waals surface area contributed by atoms with Gasteiger partial charge in [-0.15, -0.1) is 0 Å². The van der Waals surface area contributed by atoms with Crippen LogP contribution in [0.2, 0.25) is 0 Å². The smallest absolute Gasteiger partial charge is 0.229 e. The molecular weight excluding hydrogens is 749 g/mol. The maximum Gasteiger partial charge on any atom is 0.229 e. The average molecular weight is 799 g/mol. The highest BCUT2D eigenvalue weighted by atomic mass is 32.2. The van der Waals surface area contributed by atoms with E-state index >= 15 is 0 Å². The second-order valence-electron chi connectivity index (χ2n) is 14.5. The van der Waals surface area contributed by atoms with Gasteiger partial charge >= 0.3 is 0 Å². The molecule has 1 aromatic heterocycles. The van der Waals surface area contributed by atoms with Crippen LogP contribution in [0.4, 0.5) is 23.2 Å². The van der Waals surface area contributed by atoms with E-state index in [1.807, 2.05) is 0 Å². The molecule has 3 aromatic rings. The first-order valence-electron chi connectivity index (χ1n) is 18.4. The zero-order valence-corrected chi connectivity index (χ0v) is 32.2. The lowest BCUT2D eigenvalue weighted by atomic mass is 9.82. The van der Waals surface area contributed by atoms with Crippen molar-refractivity contribution in [3.63, 3.8) is 0 Å². The Balaban J connectivity index is 0.000000208. The van der Waals surface area contributed by atoms with Gasteiger partial charge in [0.05, 0.1) is 49.3 Å². The van der Waals surface area contributed by atoms with E-state index in [1.54, 1.807) is 18.3 Å². The summed E-state index contributed by atoms with van der Waals surface area (Å²) in [6.45, 7) is 1.47. The molecule has 0 amide bonds. The minimum atomic E-state index is -3.40. The molecular formula is C38H50F4N4O6S2. The van der Waals surface area contributed by atoms with Crippen LogP contribution < -0.4 is 14.8 Å². The largest absolute Gasteiger partial charge is 0.377 e. The molecule has 2 aliphatic carbocycles. The lowest BCUT2D eigenvalue weighted by Gasteiger charge is -2.35. The summed E-state index contributed by atoms with van der Waals surface area (Å²) in [6.07, 6.45) is 11.6. The minimum absolute atomic E-state index is 0.0159. The molecule has 1 aliphatic heterocycles. The Morgan fingerprint density at radius 1 is 0.741 bits per heavy atom. The summed E-state index contributed by atoms with van der Waals surface area (Å²) in [5.41, 5.74) is 1.80. The van der Waals surface area contributed by atoms with Crippen molar-refractivity contribution in [2.75, 3.05) is 30.4 Å². The van der Waals surface area contributed by atoms with Gasteiger partial charge in [-0.3, -0.25) is 9.71 Å². The molecule has 10 nitrogen and oxygen atoms in total. The molecule has 6 rings (SSSR count). The lowest BCUT2D eigenvalue weighted by Crippen LogP contribution is -2.55. The van der Waals surface area contributed by atoms with Gasteiger partial charge in [-0.25, -0.2) is 39.1 Å². The fraction of sp³-hybridized carbons (Fsp3) is 0.553. The topological polar surface area (TPSA) is 136 Å². The minimum Gasteiger partial charge on any atom is -0.377 e. The van der Waals surface area contributed by atoms with Crippen LogP contribution in [0.5, 0.6) is 0 Å². The third kappa shape index (κ3) is 13.0. The maximum absolute atomic E-state index is 14.0. The standard InChI is InChI=1S/C19H28F2N2O3S.C19H22F2N2O3S/c2*1-27(24,25)23-18-3-2-10-22-19(18)12-26-15-7-4-13(5-8-15)16-11-14(20)6-9-17(16)21/h6,9,11,13,15,18-19,22-23H,2-5,7-8,10,12H2,1H3;2-3,6,9-11,13,15,23H,4-5,7-8,12H2,1H3/t13?,15?,18-,19-;/m0./s1. The predicted molar refractivity (Wildman–Crippen MR) is 199 cm³/mol. The zero-order chi connectivity index (χ0) is 38.9. The molecule has 2 aromatic carbocycles. The summed E-state index contributed by atoms with van der Waals surface area (Å²) in [6, 6.07) is 10.3. The number of sulfonamides is 2. The molecule has 3 fully saturated rings. The second kappa shape index (κ2) is 19.1. The number of halogens is 4. The first-order chi connectivity index (χ1) is 25.6. The number of nitrogens with one attached hydrogen (secondary N) is 3. The van der Waals surface area contributed by atoms with E-state index in [-0.39, 0.29) is 54.4 Å². The van der Waals surface area contributed by atoms with Gasteiger partial charge in [0.1, 0.15) is 23.3 Å². The number of hydrogen-bond donors (Lipinski definition) is 3. The first kappa shape index (κ1) is 42.0. The predicted octanol–water partition coefficient (Wildman–Crippen LogP) is 6.65. The van der Waals surface area contributed by atoms with E-state index in [0.29, 0.717) is 42.0 Å². The van der Waals surface area contributed by atoms with Crippen LogP contribution in [-0.4, -0.2) is 71.8 Å². The summed E-state index contributed by atoms with van der Waals surface area (Å²) < 4.78 is 118. The van der Waals surface area contributed by atoms with Gasteiger partial charge in [-0.05, 0) is 142 Å². The van der Waals surface area contributed by atoms with E-state index in [1.165, 1.54) is 30.5 Å². The third-order valence-corrected chi connectivity index (χ3v) is 11.6. The van der Waals surface area contributed by atoms with Crippen molar-refractivity contribution < 1.29 is 43.9 Å². The number of benzene rings is 2. The molecule has 2 atom stereocenters. The van der Waals surface area contributed by atoms with Crippen molar-refractivity contribution in [2.24, 2.45) is 0 Å². The number of hydrogen-bond acceptors (Lipinski definition) is 8. The van der Waals surface area contributed by atoms with Gasteiger partial charge in [0.25, 0.3) is 0 Å². The first-order valence-corrected chi connectivity index (χ1v) is 22.2. The van der Waals surface area contributed by atoms with E-state index < -0.39 is 31.7 Å². The summed E-state index contributed by atoms with van der Waals surface area (Å²) in [5, 5.41) is 3.34. The van der Waals surface area contributed by atoms with Crippen molar-refractivity contribution in [3.8, 4) is 0 Å². The Kier molecular flexibility index (Phi) is 14.9. The van der Waals surface area contributed by atoms with Crippen LogP contribution in [0.15, 0.2) is 54.7 Å². The summed E-state index contributed by atoms with van der Waals surface area (Å²) >= 11 is 0. The number of piperidine rings is 1. The number of nitrogens with zero attached hydrogens (tertiary/aromatic N) is 1. The molecule has 0 radical (unpaired) electrons. The average Bonchev–Trinajstić information content (AvgIpc) is 3.12. The second-order valence-corrected chi connectivity index (χ2v) is 18.0. The molecule has 2 saturated carbocycles. The van der Waals surface area contributed by atoms with Gasteiger partial charge in [-0.2, -0.15) is 0 Å². The third-order valence-electron chi connectivity index (χ3n) is 10.2. The summed E-state index contributed by atoms with van der Waals surface area (Å²) in [5.74, 6) is -1.54. The molecule has 0 spiro atoms. The van der Waals surface area contributed by atoms with Crippen molar-refractivity contribution >= 4 is 25.7 Å². The summed E-state index contributed by atoms with van der Waals surface area (Å²) in [4.78, 5) is 4.19. The van der Waals surface area contributed by atoms with Crippen molar-refractivity contribution in [3.05, 3.63) is 94.8 Å². The fourth-order valence-electron chi connectivity index (χ4n) is 7.56. The highest BCUT2D eigenvalue weighted by Crippen LogP contribution is 2.37. The van der Waals surface area contributed by atoms with E-state index in [4.69, 9.17) is 9.47 Å². The SMILES string of the molecule is CS(=O)(=O)N[C@H]1CCCN[C@H]1COC1CCC(c2cc(F)ccc2F)CC1.CS(=O)(=O)Nc1cccnc1COC1CCC(c2cc(F)ccc2F)CC1. The van der Waals surface area contributed by atoms with Crippen LogP contribution in [0.3, 0.4) is 0 Å². The number of anilines is 1. The molecule has 54 heavy (non-hydrogen) atoms. The van der Waals surface area contributed by atoms with E-state index in [9.17, 15) is 34.4 Å². The molecule has 1 saturated heterocycles. The normalized spacial score (nSPS) is 25.0. The molecule has 298 valence electrons. The molecule has 2 heterocycles. The molecule has 3 N–H and O–H groups in total. The fourth-order valence-corrected chi connectivity index (χ4v) is 8.98. The number of aromatic nitrogens is 1. The van der Waals surface area contributed by atoms with Gasteiger partial charge < -0.3 is 14.8 Å². The van der Waals surface area contributed by atoms with Crippen LogP contribution >= 0.6 is 0 Å². The van der Waals surface area contributed by atoms with Gasteiger partial charge in [-0.1, -0.05) is 0 Å². The number of ether oxygens (including phenoxy) is 2. The van der Waals surface area contributed by atoms with Crippen LogP contribution in [0.25, 0.3) is 0 Å². The molecule has 16 heteroatoms. The molecule has 3 aliphatic rings. The van der Waals surface area contributed by atoms with E-state index in [2.05, 4.69) is 19.7 Å². The highest BCUT2D eigenvalue weighted by molar-refractivity contribution is 7.92. The quantitative estimate of drug-likeness (QED) is 0.174. The Hall–Kier alpha value is -3.15. The molecule has 0 unspecified atom stereocenters. The van der Waals surface area contributed by atoms with Gasteiger partial charge in [0, 0.05) is 18.3 Å². The Morgan fingerprint density at radius 3 is 1.83 bits per heavy atom. The van der Waals surface area contributed by atoms with Crippen LogP contribution in [0, 0.1) is 23.3 Å². The van der Waals surface area contributed by atoms with Gasteiger partial charge in [0.2, 0.25) is 20.0 Å². The zero-order valence-electron chi connectivity index (χ0n) is 30.6.